The molecule has 1 aliphatic rings. The molecule has 144 valence electrons. The van der Waals surface area contributed by atoms with E-state index in [2.05, 4.69) is 10.2 Å². The number of rotatable bonds is 4. The number of aromatic nitrogens is 2. The van der Waals surface area contributed by atoms with Crippen LogP contribution in [0.5, 0.6) is 0 Å². The van der Waals surface area contributed by atoms with Crippen molar-refractivity contribution < 1.29 is 9.59 Å². The summed E-state index contributed by atoms with van der Waals surface area (Å²) >= 11 is 0. The lowest BCUT2D eigenvalue weighted by molar-refractivity contribution is -0.131. The summed E-state index contributed by atoms with van der Waals surface area (Å²) in [5, 5.41) is 7.39. The van der Waals surface area contributed by atoms with Gasteiger partial charge in [0.25, 0.3) is 5.56 Å². The maximum absolute atomic E-state index is 13.0. The minimum Gasteiger partial charge on any atom is -0.342 e. The molecule has 4 rings (SSSR count). The van der Waals surface area contributed by atoms with Gasteiger partial charge in [-0.3, -0.25) is 19.5 Å². The number of likely N-dealkylation sites (tertiary alicyclic amines) is 1. The first-order valence-electron chi connectivity index (χ1n) is 9.60. The van der Waals surface area contributed by atoms with Gasteiger partial charge in [0.05, 0.1) is 6.42 Å². The third kappa shape index (κ3) is 3.50. The number of nitrogens with one attached hydrogen (secondary N) is 2. The topological polar surface area (TPSA) is 86.0 Å². The number of nitrogens with zero attached hydrogens (tertiary/aromatic N) is 1. The average molecular weight is 377 g/mol. The van der Waals surface area contributed by atoms with E-state index >= 15 is 0 Å². The number of aromatic amines is 2. The summed E-state index contributed by atoms with van der Waals surface area (Å²) in [7, 11) is 0. The van der Waals surface area contributed by atoms with E-state index in [1.807, 2.05) is 42.5 Å². The van der Waals surface area contributed by atoms with Crippen LogP contribution in [0.4, 0.5) is 0 Å². The van der Waals surface area contributed by atoms with Gasteiger partial charge in [-0.1, -0.05) is 36.4 Å². The highest BCUT2D eigenvalue weighted by molar-refractivity contribution is 6.01. The Morgan fingerprint density at radius 2 is 1.89 bits per heavy atom. The summed E-state index contributed by atoms with van der Waals surface area (Å²) in [4.78, 5) is 39.3. The fourth-order valence-corrected chi connectivity index (χ4v) is 3.94. The molecule has 1 unspecified atom stereocenters. The first-order valence-corrected chi connectivity index (χ1v) is 9.60. The molecular weight excluding hydrogens is 354 g/mol. The molecule has 6 heteroatoms. The number of carbonyl (C=O) groups excluding carboxylic acids is 2. The largest absolute Gasteiger partial charge is 0.342 e. The van der Waals surface area contributed by atoms with Crippen LogP contribution in [0.25, 0.3) is 10.8 Å². The average Bonchev–Trinajstić information content (AvgIpc) is 3.05. The second-order valence-corrected chi connectivity index (χ2v) is 7.46. The van der Waals surface area contributed by atoms with E-state index in [-0.39, 0.29) is 29.6 Å². The molecule has 0 radical (unpaired) electrons. The lowest BCUT2D eigenvalue weighted by Gasteiger charge is -2.32. The Bertz CT molecular complexity index is 1100. The lowest BCUT2D eigenvalue weighted by Crippen LogP contribution is -2.43. The molecule has 2 heterocycles. The maximum atomic E-state index is 13.0. The molecule has 0 aliphatic carbocycles. The Balaban J connectivity index is 1.48. The van der Waals surface area contributed by atoms with Crippen molar-refractivity contribution in [1.82, 2.24) is 15.1 Å². The Kier molecular flexibility index (Phi) is 4.86. The van der Waals surface area contributed by atoms with E-state index in [0.717, 1.165) is 23.6 Å². The van der Waals surface area contributed by atoms with Gasteiger partial charge in [-0.15, -0.1) is 0 Å². The Morgan fingerprint density at radius 3 is 2.64 bits per heavy atom. The minimum absolute atomic E-state index is 0.0571. The van der Waals surface area contributed by atoms with E-state index in [9.17, 15) is 14.4 Å². The van der Waals surface area contributed by atoms with Crippen LogP contribution in [0.3, 0.4) is 0 Å². The van der Waals surface area contributed by atoms with Crippen LogP contribution < -0.4 is 5.56 Å². The Hall–Kier alpha value is -3.15. The van der Waals surface area contributed by atoms with Gasteiger partial charge in [0.2, 0.25) is 5.91 Å². The number of amides is 1. The van der Waals surface area contributed by atoms with Crippen molar-refractivity contribution in [3.8, 4) is 0 Å². The van der Waals surface area contributed by atoms with Crippen LogP contribution in [0.1, 0.15) is 34.5 Å². The number of ketones is 1. The van der Waals surface area contributed by atoms with E-state index in [4.69, 9.17) is 0 Å². The number of piperidine rings is 1. The molecule has 1 saturated heterocycles. The van der Waals surface area contributed by atoms with E-state index in [1.165, 1.54) is 0 Å². The fraction of sp³-hybridized carbons (Fsp3) is 0.318. The molecule has 2 N–H and O–H groups in total. The van der Waals surface area contributed by atoms with E-state index in [0.29, 0.717) is 29.9 Å². The van der Waals surface area contributed by atoms with E-state index < -0.39 is 0 Å². The maximum Gasteiger partial charge on any atom is 0.267 e. The number of hydrogen-bond donors (Lipinski definition) is 2. The molecule has 3 aromatic rings. The number of aryl methyl sites for hydroxylation is 1. The number of H-pyrrole nitrogens is 2. The van der Waals surface area contributed by atoms with Crippen LogP contribution in [-0.4, -0.2) is 39.9 Å². The van der Waals surface area contributed by atoms with Gasteiger partial charge in [0.1, 0.15) is 0 Å². The molecule has 6 nitrogen and oxygen atoms in total. The smallest absolute Gasteiger partial charge is 0.267 e. The first-order chi connectivity index (χ1) is 13.5. The summed E-state index contributed by atoms with van der Waals surface area (Å²) in [6.07, 6.45) is 1.62. The monoisotopic (exact) mass is 377 g/mol. The van der Waals surface area contributed by atoms with Gasteiger partial charge in [0, 0.05) is 35.8 Å². The third-order valence-electron chi connectivity index (χ3n) is 5.60. The normalized spacial score (nSPS) is 17.0. The number of carbonyl (C=O) groups is 2. The highest BCUT2D eigenvalue weighted by atomic mass is 16.2. The van der Waals surface area contributed by atoms with Crippen LogP contribution >= 0.6 is 0 Å². The van der Waals surface area contributed by atoms with Crippen LogP contribution in [-0.2, 0) is 11.2 Å². The molecule has 1 fully saturated rings. The van der Waals surface area contributed by atoms with Crippen LogP contribution in [0.15, 0.2) is 47.3 Å². The minimum atomic E-state index is -0.258. The van der Waals surface area contributed by atoms with Gasteiger partial charge < -0.3 is 10.00 Å². The van der Waals surface area contributed by atoms with Gasteiger partial charge >= 0.3 is 0 Å². The zero-order chi connectivity index (χ0) is 19.7. The molecule has 0 saturated carbocycles. The first kappa shape index (κ1) is 18.2. The molecule has 1 aliphatic heterocycles. The molecule has 1 amide bonds. The summed E-state index contributed by atoms with van der Waals surface area (Å²) in [5.41, 5.74) is 1.58. The van der Waals surface area contributed by atoms with Gasteiger partial charge in [-0.05, 0) is 36.6 Å². The number of fused-ring (bicyclic) bond motifs is 1. The highest BCUT2D eigenvalue weighted by Crippen LogP contribution is 2.24. The summed E-state index contributed by atoms with van der Waals surface area (Å²) in [6.45, 7) is 2.80. The molecular formula is C22H23N3O3. The van der Waals surface area contributed by atoms with Crippen LogP contribution in [0, 0.1) is 12.8 Å². The molecule has 1 atom stereocenters. The van der Waals surface area contributed by atoms with Crippen molar-refractivity contribution in [2.24, 2.45) is 5.92 Å². The molecule has 0 bridgehead atoms. The predicted octanol–water partition coefficient (Wildman–Crippen LogP) is 2.83. The molecule has 1 aromatic heterocycles. The van der Waals surface area contributed by atoms with Crippen molar-refractivity contribution in [1.29, 1.82) is 0 Å². The zero-order valence-electron chi connectivity index (χ0n) is 15.8. The lowest BCUT2D eigenvalue weighted by atomic mass is 9.89. The molecule has 28 heavy (non-hydrogen) atoms. The number of hydrogen-bond acceptors (Lipinski definition) is 3. The molecule has 2 aromatic carbocycles. The molecule has 0 spiro atoms. The summed E-state index contributed by atoms with van der Waals surface area (Å²) in [6, 6.07) is 13.7. The summed E-state index contributed by atoms with van der Waals surface area (Å²) in [5.74, 6) is -0.229. The highest BCUT2D eigenvalue weighted by Gasteiger charge is 2.29. The van der Waals surface area contributed by atoms with Crippen molar-refractivity contribution in [3.05, 3.63) is 69.6 Å². The second-order valence-electron chi connectivity index (χ2n) is 7.46. The van der Waals surface area contributed by atoms with Gasteiger partial charge in [0.15, 0.2) is 5.78 Å². The van der Waals surface area contributed by atoms with Crippen LogP contribution in [0.2, 0.25) is 0 Å². The fourth-order valence-electron chi connectivity index (χ4n) is 3.94. The van der Waals surface area contributed by atoms with Gasteiger partial charge in [-0.2, -0.15) is 0 Å². The van der Waals surface area contributed by atoms with E-state index in [1.54, 1.807) is 11.8 Å². The van der Waals surface area contributed by atoms with Gasteiger partial charge in [-0.25, -0.2) is 0 Å². The number of benzene rings is 2. The van der Waals surface area contributed by atoms with Crippen molar-refractivity contribution >= 4 is 22.5 Å². The van der Waals surface area contributed by atoms with Crippen molar-refractivity contribution in [2.75, 3.05) is 13.1 Å². The SMILES string of the molecule is Cc1[nH][nH]c(=O)c1CC(=O)N1CCCC(C(=O)c2ccc3ccccc3c2)C1. The standard InChI is InChI=1S/C22H23N3O3/c1-14-19(22(28)24-23-14)12-20(26)25-10-4-7-18(13-25)21(27)17-9-8-15-5-2-3-6-16(15)11-17/h2-3,5-6,8-9,11,18H,4,7,10,12-13H2,1H3,(H2,23,24,28). The quantitative estimate of drug-likeness (QED) is 0.686. The Morgan fingerprint density at radius 1 is 1.11 bits per heavy atom. The summed E-state index contributed by atoms with van der Waals surface area (Å²) < 4.78 is 0. The number of Topliss-reactive ketones (excluding diaryl/α,β-unsaturated/α-hetero) is 1. The Labute approximate surface area is 162 Å². The van der Waals surface area contributed by atoms with Crippen molar-refractivity contribution in [2.45, 2.75) is 26.2 Å². The second kappa shape index (κ2) is 7.46. The predicted molar refractivity (Wildman–Crippen MR) is 107 cm³/mol. The third-order valence-corrected chi connectivity index (χ3v) is 5.60. The van der Waals surface area contributed by atoms with Crippen molar-refractivity contribution in [3.63, 3.8) is 0 Å². The zero-order valence-corrected chi connectivity index (χ0v) is 15.8.